The van der Waals surface area contributed by atoms with E-state index in [4.69, 9.17) is 9.15 Å². The average molecular weight is 293 g/mol. The van der Waals surface area contributed by atoms with Crippen LogP contribution in [0, 0.1) is 0 Å². The van der Waals surface area contributed by atoms with Crippen molar-refractivity contribution in [2.24, 2.45) is 0 Å². The molecule has 0 radical (unpaired) electrons. The van der Waals surface area contributed by atoms with Gasteiger partial charge in [0.15, 0.2) is 0 Å². The molecule has 0 aromatic carbocycles. The van der Waals surface area contributed by atoms with Gasteiger partial charge in [-0.2, -0.15) is 0 Å². The fourth-order valence-corrected chi connectivity index (χ4v) is 2.95. The number of carbonyl (C=O) groups excluding carboxylic acids is 1. The first kappa shape index (κ1) is 13.3. The molecule has 20 heavy (non-hydrogen) atoms. The summed E-state index contributed by atoms with van der Waals surface area (Å²) in [6, 6.07) is 3.69. The second-order valence-electron chi connectivity index (χ2n) is 4.53. The van der Waals surface area contributed by atoms with Gasteiger partial charge >= 0.3 is 0 Å². The van der Waals surface area contributed by atoms with Crippen molar-refractivity contribution >= 4 is 17.4 Å². The first-order valence-corrected chi connectivity index (χ1v) is 7.32. The largest absolute Gasteiger partial charge is 0.467 e. The van der Waals surface area contributed by atoms with Crippen molar-refractivity contribution in [1.82, 2.24) is 14.5 Å². The molecular formula is C13H15N3O3S. The highest BCUT2D eigenvalue weighted by Crippen LogP contribution is 2.24. The molecule has 1 aliphatic heterocycles. The summed E-state index contributed by atoms with van der Waals surface area (Å²) in [6.45, 7) is 3.55. The third-order valence-corrected chi connectivity index (χ3v) is 4.06. The van der Waals surface area contributed by atoms with Crippen LogP contribution in [0.2, 0.25) is 0 Å². The van der Waals surface area contributed by atoms with Crippen molar-refractivity contribution < 1.29 is 13.9 Å². The summed E-state index contributed by atoms with van der Waals surface area (Å²) in [5.74, 6) is 0.734. The van der Waals surface area contributed by atoms with E-state index < -0.39 is 0 Å². The summed E-state index contributed by atoms with van der Waals surface area (Å²) in [5, 5.41) is 3.99. The molecule has 6 nitrogen and oxygen atoms in total. The van der Waals surface area contributed by atoms with E-state index in [0.29, 0.717) is 31.0 Å². The molecule has 3 heterocycles. The molecule has 1 atom stereocenters. The SMILES string of the molecule is CCc1nnsc1C(=O)N1CCO[C@@H](c2ccco2)C1. The number of hydrogen-bond acceptors (Lipinski definition) is 6. The van der Waals surface area contributed by atoms with Crippen LogP contribution in [0.5, 0.6) is 0 Å². The quantitative estimate of drug-likeness (QED) is 0.864. The summed E-state index contributed by atoms with van der Waals surface area (Å²) < 4.78 is 14.9. The highest BCUT2D eigenvalue weighted by atomic mass is 32.1. The van der Waals surface area contributed by atoms with Gasteiger partial charge in [-0.25, -0.2) is 0 Å². The first-order chi connectivity index (χ1) is 9.79. The molecule has 0 spiro atoms. The van der Waals surface area contributed by atoms with Crippen LogP contribution in [0.3, 0.4) is 0 Å². The second kappa shape index (κ2) is 5.72. The summed E-state index contributed by atoms with van der Waals surface area (Å²) in [6.07, 6.45) is 2.12. The summed E-state index contributed by atoms with van der Waals surface area (Å²) >= 11 is 1.16. The Morgan fingerprint density at radius 2 is 2.50 bits per heavy atom. The zero-order chi connectivity index (χ0) is 13.9. The fourth-order valence-electron chi connectivity index (χ4n) is 2.23. The van der Waals surface area contributed by atoms with Crippen LogP contribution in [-0.4, -0.2) is 40.1 Å². The normalized spacial score (nSPS) is 19.2. The van der Waals surface area contributed by atoms with Crippen molar-refractivity contribution in [2.45, 2.75) is 19.4 Å². The molecule has 2 aromatic rings. The summed E-state index contributed by atoms with van der Waals surface area (Å²) in [7, 11) is 0. The molecule has 2 aromatic heterocycles. The Bertz CT molecular complexity index is 581. The minimum absolute atomic E-state index is 0.0169. The zero-order valence-corrected chi connectivity index (χ0v) is 11.9. The van der Waals surface area contributed by atoms with Crippen LogP contribution in [0.1, 0.15) is 34.2 Å². The maximum absolute atomic E-state index is 12.5. The van der Waals surface area contributed by atoms with Gasteiger partial charge in [0.2, 0.25) is 0 Å². The number of carbonyl (C=O) groups is 1. The summed E-state index contributed by atoms with van der Waals surface area (Å²) in [4.78, 5) is 14.9. The number of morpholine rings is 1. The maximum Gasteiger partial charge on any atom is 0.267 e. The number of amides is 1. The maximum atomic E-state index is 12.5. The van der Waals surface area contributed by atoms with E-state index in [1.807, 2.05) is 19.1 Å². The van der Waals surface area contributed by atoms with Crippen molar-refractivity contribution in [3.63, 3.8) is 0 Å². The molecule has 1 amide bonds. The Labute approximate surface area is 120 Å². The van der Waals surface area contributed by atoms with E-state index in [2.05, 4.69) is 9.59 Å². The highest BCUT2D eigenvalue weighted by molar-refractivity contribution is 7.08. The van der Waals surface area contributed by atoms with Crippen LogP contribution >= 0.6 is 11.5 Å². The molecule has 3 rings (SSSR count). The second-order valence-corrected chi connectivity index (χ2v) is 5.28. The standard InChI is InChI=1S/C13H15N3O3S/c1-2-9-12(20-15-14-9)13(17)16-5-7-19-11(8-16)10-4-3-6-18-10/h3-4,6,11H,2,5,7-8H2,1H3/t11-/m1/s1. The van der Waals surface area contributed by atoms with E-state index >= 15 is 0 Å². The minimum Gasteiger partial charge on any atom is -0.467 e. The smallest absolute Gasteiger partial charge is 0.267 e. The topological polar surface area (TPSA) is 68.5 Å². The van der Waals surface area contributed by atoms with Crippen molar-refractivity contribution in [3.8, 4) is 0 Å². The van der Waals surface area contributed by atoms with Crippen molar-refractivity contribution in [1.29, 1.82) is 0 Å². The third-order valence-electron chi connectivity index (χ3n) is 3.30. The van der Waals surface area contributed by atoms with Gasteiger partial charge in [-0.1, -0.05) is 11.4 Å². The Hall–Kier alpha value is -1.73. The van der Waals surface area contributed by atoms with Gasteiger partial charge in [0, 0.05) is 6.54 Å². The van der Waals surface area contributed by atoms with Crippen LogP contribution in [0.25, 0.3) is 0 Å². The Kier molecular flexibility index (Phi) is 3.79. The van der Waals surface area contributed by atoms with Crippen LogP contribution in [-0.2, 0) is 11.2 Å². The molecule has 1 fully saturated rings. The number of rotatable bonds is 3. The first-order valence-electron chi connectivity index (χ1n) is 6.55. The third kappa shape index (κ3) is 2.46. The molecular weight excluding hydrogens is 278 g/mol. The minimum atomic E-state index is -0.200. The Morgan fingerprint density at radius 3 is 3.25 bits per heavy atom. The molecule has 0 saturated carbocycles. The molecule has 1 aliphatic rings. The lowest BCUT2D eigenvalue weighted by molar-refractivity contribution is -0.0320. The number of furan rings is 1. The van der Waals surface area contributed by atoms with E-state index in [1.54, 1.807) is 11.2 Å². The van der Waals surface area contributed by atoms with E-state index in [-0.39, 0.29) is 12.0 Å². The predicted molar refractivity (Wildman–Crippen MR) is 72.6 cm³/mol. The van der Waals surface area contributed by atoms with Gasteiger partial charge in [0.05, 0.1) is 25.1 Å². The number of ether oxygens (including phenoxy) is 1. The van der Waals surface area contributed by atoms with Gasteiger partial charge in [-0.15, -0.1) is 5.10 Å². The van der Waals surface area contributed by atoms with Crippen molar-refractivity contribution in [2.75, 3.05) is 19.7 Å². The molecule has 0 unspecified atom stereocenters. The Balaban J connectivity index is 1.75. The molecule has 0 N–H and O–H groups in total. The predicted octanol–water partition coefficient (Wildman–Crippen LogP) is 1.91. The summed E-state index contributed by atoms with van der Waals surface area (Å²) in [5.41, 5.74) is 0.765. The van der Waals surface area contributed by atoms with Crippen LogP contribution in [0.4, 0.5) is 0 Å². The number of aryl methyl sites for hydroxylation is 1. The van der Waals surface area contributed by atoms with Crippen molar-refractivity contribution in [3.05, 3.63) is 34.7 Å². The van der Waals surface area contributed by atoms with E-state index in [9.17, 15) is 4.79 Å². The molecule has 106 valence electrons. The lowest BCUT2D eigenvalue weighted by Crippen LogP contribution is -2.42. The van der Waals surface area contributed by atoms with Gasteiger partial charge in [0.1, 0.15) is 16.7 Å². The van der Waals surface area contributed by atoms with E-state index in [0.717, 1.165) is 23.0 Å². The Morgan fingerprint density at radius 1 is 1.60 bits per heavy atom. The average Bonchev–Trinajstić information content (AvgIpc) is 3.17. The monoisotopic (exact) mass is 293 g/mol. The number of nitrogens with zero attached hydrogens (tertiary/aromatic N) is 3. The van der Waals surface area contributed by atoms with Gasteiger partial charge in [0.25, 0.3) is 5.91 Å². The lowest BCUT2D eigenvalue weighted by Gasteiger charge is -2.31. The van der Waals surface area contributed by atoms with E-state index in [1.165, 1.54) is 0 Å². The number of hydrogen-bond donors (Lipinski definition) is 0. The lowest BCUT2D eigenvalue weighted by atomic mass is 10.2. The number of aromatic nitrogens is 2. The van der Waals surface area contributed by atoms with Gasteiger partial charge < -0.3 is 14.1 Å². The molecule has 7 heteroatoms. The zero-order valence-electron chi connectivity index (χ0n) is 11.1. The van der Waals surface area contributed by atoms with Gasteiger partial charge in [-0.3, -0.25) is 4.79 Å². The molecule has 0 bridgehead atoms. The van der Waals surface area contributed by atoms with Crippen LogP contribution in [0.15, 0.2) is 22.8 Å². The molecule has 1 saturated heterocycles. The fraction of sp³-hybridized carbons (Fsp3) is 0.462. The highest BCUT2D eigenvalue weighted by Gasteiger charge is 2.29. The molecule has 0 aliphatic carbocycles. The van der Waals surface area contributed by atoms with Crippen LogP contribution < -0.4 is 0 Å². The van der Waals surface area contributed by atoms with Gasteiger partial charge in [-0.05, 0) is 30.1 Å².